The highest BCUT2D eigenvalue weighted by atomic mass is 35.5. The molecule has 116 valence electrons. The van der Waals surface area contributed by atoms with Crippen LogP contribution in [0.2, 0.25) is 0 Å². The molecule has 2 aliphatic rings. The Kier molecular flexibility index (Phi) is 5.12. The van der Waals surface area contributed by atoms with Crippen molar-refractivity contribution in [2.45, 2.75) is 41.5 Å². The van der Waals surface area contributed by atoms with Gasteiger partial charge >= 0.3 is 0 Å². The largest absolute Gasteiger partial charge is 1.00 e. The summed E-state index contributed by atoms with van der Waals surface area (Å²) < 4.78 is 0. The third-order valence-corrected chi connectivity index (χ3v) is 5.93. The highest BCUT2D eigenvalue weighted by molar-refractivity contribution is 7.99. The first-order valence-electron chi connectivity index (χ1n) is 8.00. The third-order valence-electron chi connectivity index (χ3n) is 4.72. The topological polar surface area (TPSA) is 3.24 Å². The highest BCUT2D eigenvalue weighted by Gasteiger charge is 2.27. The van der Waals surface area contributed by atoms with Gasteiger partial charge in [-0.25, -0.2) is 0 Å². The molecule has 22 heavy (non-hydrogen) atoms. The van der Waals surface area contributed by atoms with Crippen LogP contribution >= 0.6 is 11.8 Å². The second-order valence-electron chi connectivity index (χ2n) is 6.06. The van der Waals surface area contributed by atoms with Crippen LogP contribution in [-0.4, -0.2) is 18.0 Å². The van der Waals surface area contributed by atoms with E-state index in [1.807, 2.05) is 11.8 Å². The van der Waals surface area contributed by atoms with Crippen molar-refractivity contribution in [3.63, 3.8) is 0 Å². The minimum atomic E-state index is 0. The number of nitrogens with zero attached hydrogens (tertiary/aromatic N) is 1. The Morgan fingerprint density at radius 3 is 2.32 bits per heavy atom. The molecule has 0 N–H and O–H groups in total. The molecule has 0 aliphatic carbocycles. The molecule has 0 aromatic heterocycles. The zero-order valence-corrected chi connectivity index (χ0v) is 14.2. The van der Waals surface area contributed by atoms with E-state index in [4.69, 9.17) is 0 Å². The van der Waals surface area contributed by atoms with Crippen molar-refractivity contribution in [2.75, 3.05) is 13.1 Å². The molecule has 0 saturated carbocycles. The summed E-state index contributed by atoms with van der Waals surface area (Å²) in [5.74, 6) is 0. The second-order valence-corrected chi connectivity index (χ2v) is 7.15. The Bertz CT molecular complexity index is 637. The first-order chi connectivity index (χ1) is 10.4. The van der Waals surface area contributed by atoms with Gasteiger partial charge in [-0.1, -0.05) is 54.6 Å². The van der Waals surface area contributed by atoms with E-state index in [0.717, 1.165) is 6.42 Å². The van der Waals surface area contributed by atoms with Gasteiger partial charge < -0.3 is 12.4 Å². The molecule has 4 rings (SSSR count). The van der Waals surface area contributed by atoms with Crippen molar-refractivity contribution in [1.29, 1.82) is 0 Å². The summed E-state index contributed by atoms with van der Waals surface area (Å²) in [6.07, 6.45) is 5.26. The van der Waals surface area contributed by atoms with Gasteiger partial charge in [0.15, 0.2) is 0 Å². The lowest BCUT2D eigenvalue weighted by atomic mass is 9.95. The van der Waals surface area contributed by atoms with Gasteiger partial charge in [0.25, 0.3) is 0 Å². The normalized spacial score (nSPS) is 21.2. The maximum atomic E-state index is 2.71. The molecule has 1 unspecified atom stereocenters. The van der Waals surface area contributed by atoms with Crippen molar-refractivity contribution >= 4 is 11.8 Å². The molecule has 0 bridgehead atoms. The molecule has 1 nitrogen and oxygen atoms in total. The van der Waals surface area contributed by atoms with E-state index < -0.39 is 0 Å². The fraction of sp³-hybridized carbons (Fsp3) is 0.368. The van der Waals surface area contributed by atoms with Crippen molar-refractivity contribution in [2.24, 2.45) is 0 Å². The van der Waals surface area contributed by atoms with Gasteiger partial charge in [-0.2, -0.15) is 0 Å². The number of piperidine rings is 1. The van der Waals surface area contributed by atoms with E-state index in [-0.39, 0.29) is 12.4 Å². The monoisotopic (exact) mass is 330 g/mol. The van der Waals surface area contributed by atoms with E-state index in [9.17, 15) is 0 Å². The number of halogens is 1. The number of likely N-dealkylation sites (tertiary alicyclic amines) is 1. The van der Waals surface area contributed by atoms with E-state index in [1.165, 1.54) is 53.3 Å². The number of hydrogen-bond acceptors (Lipinski definition) is 2. The van der Waals surface area contributed by atoms with Gasteiger partial charge in [-0.3, -0.25) is 4.90 Å². The van der Waals surface area contributed by atoms with Crippen LogP contribution < -0.4 is 12.4 Å². The number of benzene rings is 2. The fourth-order valence-electron chi connectivity index (χ4n) is 3.61. The SMILES string of the molecule is [Cl-].c1ccc2c(c1)CC(N1CCCCC1)c1ccccc1S2. The smallest absolute Gasteiger partial charge is 0.0400 e. The number of hydrogen-bond donors (Lipinski definition) is 0. The summed E-state index contributed by atoms with van der Waals surface area (Å²) in [7, 11) is 0. The summed E-state index contributed by atoms with van der Waals surface area (Å²) in [5.41, 5.74) is 3.04. The summed E-state index contributed by atoms with van der Waals surface area (Å²) in [6, 6.07) is 18.5. The lowest BCUT2D eigenvalue weighted by Crippen LogP contribution is -3.00. The highest BCUT2D eigenvalue weighted by Crippen LogP contribution is 2.43. The van der Waals surface area contributed by atoms with Crippen LogP contribution in [0.15, 0.2) is 58.3 Å². The summed E-state index contributed by atoms with van der Waals surface area (Å²) >= 11 is 1.94. The van der Waals surface area contributed by atoms with Crippen molar-refractivity contribution in [3.8, 4) is 0 Å². The van der Waals surface area contributed by atoms with Gasteiger partial charge in [-0.15, -0.1) is 0 Å². The van der Waals surface area contributed by atoms with E-state index in [2.05, 4.69) is 53.4 Å². The molecule has 2 aliphatic heterocycles. The molecule has 1 saturated heterocycles. The molecule has 0 spiro atoms. The lowest BCUT2D eigenvalue weighted by molar-refractivity contribution is -0.00000418. The number of fused-ring (bicyclic) bond motifs is 2. The quantitative estimate of drug-likeness (QED) is 0.786. The predicted octanol–water partition coefficient (Wildman–Crippen LogP) is 1.92. The summed E-state index contributed by atoms with van der Waals surface area (Å²) in [5, 5.41) is 0. The van der Waals surface area contributed by atoms with Gasteiger partial charge in [0.05, 0.1) is 0 Å². The van der Waals surface area contributed by atoms with E-state index in [0.29, 0.717) is 6.04 Å². The van der Waals surface area contributed by atoms with Gasteiger partial charge in [0, 0.05) is 15.8 Å². The second kappa shape index (κ2) is 7.08. The summed E-state index contributed by atoms with van der Waals surface area (Å²) in [6.45, 7) is 2.51. The first kappa shape index (κ1) is 15.9. The molecule has 1 fully saturated rings. The third kappa shape index (κ3) is 3.05. The molecule has 1 atom stereocenters. The Morgan fingerprint density at radius 1 is 0.818 bits per heavy atom. The molecule has 2 aromatic rings. The molecular formula is C19H21ClNS-. The Balaban J connectivity index is 0.00000144. The number of rotatable bonds is 1. The van der Waals surface area contributed by atoms with Crippen molar-refractivity contribution in [3.05, 3.63) is 59.7 Å². The maximum Gasteiger partial charge on any atom is 0.0400 e. The standard InChI is InChI=1S/C19H21NS.ClH/c1-6-12-20(13-7-1)17-14-15-8-2-4-10-18(15)21-19-11-5-3-9-16(17)19;/h2-5,8-11,17H,1,6-7,12-14H2;1H/p-1. The fourth-order valence-corrected chi connectivity index (χ4v) is 4.75. The van der Waals surface area contributed by atoms with Gasteiger partial charge in [0.1, 0.15) is 0 Å². The predicted molar refractivity (Wildman–Crippen MR) is 88.9 cm³/mol. The average molecular weight is 331 g/mol. The lowest BCUT2D eigenvalue weighted by Gasteiger charge is -2.35. The van der Waals surface area contributed by atoms with Crippen molar-refractivity contribution in [1.82, 2.24) is 4.90 Å². The molecule has 3 heteroatoms. The van der Waals surface area contributed by atoms with Crippen LogP contribution in [0.1, 0.15) is 36.4 Å². The minimum Gasteiger partial charge on any atom is -1.00 e. The minimum absolute atomic E-state index is 0. The zero-order valence-electron chi connectivity index (χ0n) is 12.7. The maximum absolute atomic E-state index is 2.71. The molecule has 0 radical (unpaired) electrons. The Labute approximate surface area is 143 Å². The molecular weight excluding hydrogens is 310 g/mol. The average Bonchev–Trinajstić information content (AvgIpc) is 2.72. The van der Waals surface area contributed by atoms with Crippen LogP contribution in [0.25, 0.3) is 0 Å². The Hall–Kier alpha value is -0.960. The van der Waals surface area contributed by atoms with Gasteiger partial charge in [-0.05, 0) is 55.6 Å². The van der Waals surface area contributed by atoms with Crippen LogP contribution in [0.5, 0.6) is 0 Å². The van der Waals surface area contributed by atoms with Gasteiger partial charge in [0.2, 0.25) is 0 Å². The molecule has 2 aromatic carbocycles. The van der Waals surface area contributed by atoms with Crippen LogP contribution in [0.3, 0.4) is 0 Å². The first-order valence-corrected chi connectivity index (χ1v) is 8.82. The van der Waals surface area contributed by atoms with Crippen LogP contribution in [0, 0.1) is 0 Å². The Morgan fingerprint density at radius 2 is 1.50 bits per heavy atom. The zero-order chi connectivity index (χ0) is 14.1. The molecule has 2 heterocycles. The molecule has 0 amide bonds. The summed E-state index contributed by atoms with van der Waals surface area (Å²) in [4.78, 5) is 5.59. The van der Waals surface area contributed by atoms with Crippen LogP contribution in [-0.2, 0) is 6.42 Å². The van der Waals surface area contributed by atoms with E-state index >= 15 is 0 Å². The van der Waals surface area contributed by atoms with E-state index in [1.54, 1.807) is 0 Å². The van der Waals surface area contributed by atoms with Crippen molar-refractivity contribution < 1.29 is 12.4 Å². The van der Waals surface area contributed by atoms with Crippen LogP contribution in [0.4, 0.5) is 0 Å².